The minimum Gasteiger partial charge on any atom is -0.507 e. The molecule has 2 aromatic carbocycles. The number of ether oxygens (including phenoxy) is 1. The molecule has 0 saturated carbocycles. The molecule has 0 saturated heterocycles. The highest BCUT2D eigenvalue weighted by molar-refractivity contribution is 6.29. The fourth-order valence-corrected chi connectivity index (χ4v) is 6.04. The lowest BCUT2D eigenvalue weighted by Crippen LogP contribution is -2.41. The van der Waals surface area contributed by atoms with Crippen LogP contribution in [0, 0.1) is 6.92 Å². The Labute approximate surface area is 239 Å². The highest BCUT2D eigenvalue weighted by atomic mass is 16.5. The van der Waals surface area contributed by atoms with Crippen LogP contribution in [0.5, 0.6) is 17.2 Å². The largest absolute Gasteiger partial charge is 0.507 e. The van der Waals surface area contributed by atoms with Gasteiger partial charge in [-0.05, 0) is 56.7 Å². The molecule has 0 fully saturated rings. The Morgan fingerprint density at radius 2 is 1.74 bits per heavy atom. The molecule has 3 aromatic rings. The predicted molar refractivity (Wildman–Crippen MR) is 153 cm³/mol. The highest BCUT2D eigenvalue weighted by Crippen LogP contribution is 2.51. The molecule has 0 spiro atoms. The molecule has 214 valence electrons. The van der Waals surface area contributed by atoms with Crippen molar-refractivity contribution < 1.29 is 39.2 Å². The Hall–Kier alpha value is -5.25. The van der Waals surface area contributed by atoms with Crippen LogP contribution in [0.1, 0.15) is 73.7 Å². The number of fused-ring (bicyclic) bond motifs is 3. The maximum Gasteiger partial charge on any atom is 0.260 e. The van der Waals surface area contributed by atoms with E-state index in [0.29, 0.717) is 16.6 Å². The molecule has 0 bridgehead atoms. The Kier molecular flexibility index (Phi) is 6.73. The number of nitrogens with one attached hydrogen (secondary N) is 1. The van der Waals surface area contributed by atoms with Crippen molar-refractivity contribution in [1.29, 1.82) is 0 Å². The van der Waals surface area contributed by atoms with E-state index in [9.17, 15) is 39.3 Å². The first-order valence-corrected chi connectivity index (χ1v) is 13.1. The summed E-state index contributed by atoms with van der Waals surface area (Å²) in [6.07, 6.45) is 7.94. The second kappa shape index (κ2) is 9.99. The van der Waals surface area contributed by atoms with Gasteiger partial charge in [-0.25, -0.2) is 0 Å². The van der Waals surface area contributed by atoms with Crippen LogP contribution in [0.25, 0.3) is 16.8 Å². The number of hydrogen-bond donors (Lipinski definition) is 4. The van der Waals surface area contributed by atoms with Crippen molar-refractivity contribution in [2.24, 2.45) is 0 Å². The summed E-state index contributed by atoms with van der Waals surface area (Å²) in [5, 5.41) is 34.0. The number of phenolic OH excluding ortho intramolecular Hbond substituents is 3. The number of aromatic hydroxyl groups is 3. The molecule has 1 unspecified atom stereocenters. The number of rotatable bonds is 6. The molecule has 2 aliphatic carbocycles. The average Bonchev–Trinajstić information content (AvgIpc) is 3.33. The lowest BCUT2D eigenvalue weighted by molar-refractivity contribution is -0.120. The van der Waals surface area contributed by atoms with Crippen LogP contribution in [0.4, 0.5) is 0 Å². The van der Waals surface area contributed by atoms with E-state index in [4.69, 9.17) is 4.74 Å². The molecule has 1 heterocycles. The number of Topliss-reactive ketones (excluding diaryl/α,β-unsaturated/α-hetero) is 3. The Morgan fingerprint density at radius 1 is 1.02 bits per heavy atom. The number of pyridine rings is 1. The minimum absolute atomic E-state index is 0.0777. The van der Waals surface area contributed by atoms with E-state index in [1.54, 1.807) is 30.4 Å². The van der Waals surface area contributed by atoms with Crippen LogP contribution in [0.3, 0.4) is 0 Å². The van der Waals surface area contributed by atoms with E-state index in [1.807, 2.05) is 13.0 Å². The van der Waals surface area contributed by atoms with Crippen LogP contribution in [0.15, 0.2) is 47.0 Å². The number of hydrogen-bond acceptors (Lipinski definition) is 9. The number of benzene rings is 2. The zero-order chi connectivity index (χ0) is 30.7. The van der Waals surface area contributed by atoms with Gasteiger partial charge < -0.3 is 25.0 Å². The van der Waals surface area contributed by atoms with Crippen molar-refractivity contribution in [2.45, 2.75) is 39.0 Å². The van der Waals surface area contributed by atoms with Crippen molar-refractivity contribution >= 4 is 40.0 Å². The van der Waals surface area contributed by atoms with E-state index in [1.165, 1.54) is 6.92 Å². The van der Waals surface area contributed by atoms with Gasteiger partial charge in [0.25, 0.3) is 5.56 Å². The van der Waals surface area contributed by atoms with E-state index in [0.717, 1.165) is 20.1 Å². The van der Waals surface area contributed by atoms with E-state index in [-0.39, 0.29) is 29.4 Å². The fraction of sp³-hybridized carbons (Fsp3) is 0.219. The Morgan fingerprint density at radius 3 is 2.38 bits per heavy atom. The Balaban J connectivity index is 1.77. The number of aromatic amines is 1. The van der Waals surface area contributed by atoms with E-state index in [2.05, 4.69) is 4.98 Å². The van der Waals surface area contributed by atoms with Crippen LogP contribution in [0.2, 0.25) is 0 Å². The SMILES string of the molecule is C/C=C/C=C/c1cc2cc3c(c(O)c2c(=O)[nH]1)C(C(C)=O)(C(=O)c1c(C)c(O)c2c(c1O)C(=O)C(OC)=CC2=O)CC3. The van der Waals surface area contributed by atoms with Crippen molar-refractivity contribution in [3.8, 4) is 17.2 Å². The molecule has 2 aliphatic rings. The topological polar surface area (TPSA) is 171 Å². The molecule has 10 heteroatoms. The van der Waals surface area contributed by atoms with Crippen molar-refractivity contribution in [2.75, 3.05) is 7.11 Å². The third-order valence-electron chi connectivity index (χ3n) is 8.07. The van der Waals surface area contributed by atoms with Crippen LogP contribution in [-0.4, -0.2) is 50.5 Å². The first-order chi connectivity index (χ1) is 19.9. The predicted octanol–water partition coefficient (Wildman–Crippen LogP) is 4.11. The molecule has 42 heavy (non-hydrogen) atoms. The van der Waals surface area contributed by atoms with Crippen molar-refractivity contribution in [3.05, 3.63) is 91.6 Å². The maximum atomic E-state index is 14.4. The standard InChI is InChI=1S/C32H27NO9/c1-5-6-7-8-18-12-17-11-16-9-10-32(15(3)34,25(16)29(39)22(17)31(41)33-18)30(40)21-14(2)26(36)23-19(35)13-20(42-4)27(37)24(23)28(21)38/h5-8,11-13,36,38-39H,9-10H2,1-4H3,(H,33,41)/b6-5+,8-7+. The maximum absolute atomic E-state index is 14.4. The summed E-state index contributed by atoms with van der Waals surface area (Å²) in [6, 6.07) is 3.30. The minimum atomic E-state index is -2.06. The molecule has 4 N–H and O–H groups in total. The number of allylic oxidation sites excluding steroid dienone is 5. The molecule has 0 amide bonds. The van der Waals surface area contributed by atoms with E-state index >= 15 is 0 Å². The second-order valence-corrected chi connectivity index (χ2v) is 10.3. The average molecular weight is 570 g/mol. The molecule has 1 atom stereocenters. The van der Waals surface area contributed by atoms with Gasteiger partial charge in [0.15, 0.2) is 17.3 Å². The van der Waals surface area contributed by atoms with Crippen LogP contribution >= 0.6 is 0 Å². The van der Waals surface area contributed by atoms with Gasteiger partial charge in [0.1, 0.15) is 28.4 Å². The van der Waals surface area contributed by atoms with Crippen molar-refractivity contribution in [3.63, 3.8) is 0 Å². The lowest BCUT2D eigenvalue weighted by atomic mass is 9.70. The second-order valence-electron chi connectivity index (χ2n) is 10.3. The Bertz CT molecular complexity index is 1920. The summed E-state index contributed by atoms with van der Waals surface area (Å²) >= 11 is 0. The molecule has 0 radical (unpaired) electrons. The molecule has 5 rings (SSSR count). The molecule has 1 aromatic heterocycles. The molecule has 0 aliphatic heterocycles. The number of phenols is 3. The first kappa shape index (κ1) is 28.3. The summed E-state index contributed by atoms with van der Waals surface area (Å²) in [6.45, 7) is 4.27. The third kappa shape index (κ3) is 3.82. The van der Waals surface area contributed by atoms with Crippen molar-refractivity contribution in [1.82, 2.24) is 4.98 Å². The van der Waals surface area contributed by atoms with Crippen LogP contribution < -0.4 is 5.56 Å². The molecular weight excluding hydrogens is 542 g/mol. The lowest BCUT2D eigenvalue weighted by Gasteiger charge is -2.29. The highest BCUT2D eigenvalue weighted by Gasteiger charge is 2.53. The first-order valence-electron chi connectivity index (χ1n) is 13.1. The zero-order valence-electron chi connectivity index (χ0n) is 23.2. The normalized spacial score (nSPS) is 18.0. The number of ketones is 4. The summed E-state index contributed by atoms with van der Waals surface area (Å²) in [4.78, 5) is 69.4. The fourth-order valence-electron chi connectivity index (χ4n) is 6.04. The quantitative estimate of drug-likeness (QED) is 0.148. The summed E-state index contributed by atoms with van der Waals surface area (Å²) in [5.74, 6) is -5.97. The number of aromatic nitrogens is 1. The molecule has 10 nitrogen and oxygen atoms in total. The van der Waals surface area contributed by atoms with Gasteiger partial charge in [0.2, 0.25) is 5.78 Å². The summed E-state index contributed by atoms with van der Waals surface area (Å²) in [7, 11) is 1.15. The number of aryl methyl sites for hydroxylation is 1. The van der Waals surface area contributed by atoms with Gasteiger partial charge in [-0.2, -0.15) is 0 Å². The van der Waals surface area contributed by atoms with Gasteiger partial charge >= 0.3 is 0 Å². The summed E-state index contributed by atoms with van der Waals surface area (Å²) in [5.41, 5.74) is -3.74. The van der Waals surface area contributed by atoms with Gasteiger partial charge in [-0.15, -0.1) is 0 Å². The number of carbonyl (C=O) groups excluding carboxylic acids is 4. The van der Waals surface area contributed by atoms with Gasteiger partial charge in [-0.3, -0.25) is 24.0 Å². The van der Waals surface area contributed by atoms with E-state index < -0.39 is 73.8 Å². The number of methoxy groups -OCH3 is 1. The number of H-pyrrole nitrogens is 1. The van der Waals surface area contributed by atoms with Crippen LogP contribution in [-0.2, 0) is 21.4 Å². The molecular formula is C32H27NO9. The monoisotopic (exact) mass is 569 g/mol. The van der Waals surface area contributed by atoms with Gasteiger partial charge in [-0.1, -0.05) is 24.3 Å². The smallest absolute Gasteiger partial charge is 0.260 e. The summed E-state index contributed by atoms with van der Waals surface area (Å²) < 4.78 is 4.95. The zero-order valence-corrected chi connectivity index (χ0v) is 23.2. The van der Waals surface area contributed by atoms with Gasteiger partial charge in [0.05, 0.1) is 29.2 Å². The van der Waals surface area contributed by atoms with Gasteiger partial charge in [0, 0.05) is 22.9 Å². The number of carbonyl (C=O) groups is 4. The third-order valence-corrected chi connectivity index (χ3v) is 8.07.